The number of rotatable bonds is 7. The summed E-state index contributed by atoms with van der Waals surface area (Å²) in [7, 11) is 0. The van der Waals surface area contributed by atoms with Gasteiger partial charge in [-0.05, 0) is 42.7 Å². The average Bonchev–Trinajstić information content (AvgIpc) is 2.64. The van der Waals surface area contributed by atoms with Crippen molar-refractivity contribution in [2.75, 3.05) is 0 Å². The maximum atomic E-state index is 12.9. The van der Waals surface area contributed by atoms with E-state index < -0.39 is 0 Å². The Bertz CT molecular complexity index is 812. The molecule has 27 heavy (non-hydrogen) atoms. The first-order valence-corrected chi connectivity index (χ1v) is 8.69. The van der Waals surface area contributed by atoms with Crippen molar-refractivity contribution >= 4 is 11.9 Å². The van der Waals surface area contributed by atoms with Gasteiger partial charge in [-0.3, -0.25) is 4.79 Å². The van der Waals surface area contributed by atoms with E-state index >= 15 is 0 Å². The standard InChI is InChI=1S/C21H24FN3O2/c1-15(2)10-20(26)23-13-17-4-3-5-18(11-17)14-25-21(27)24-12-16-6-8-19(22)9-7-16/h3-11H,12-14H2,1-2H3,(H,23,26)(H2,24,25,27). The van der Waals surface area contributed by atoms with Crippen LogP contribution in [0.2, 0.25) is 0 Å². The molecule has 3 amide bonds. The molecule has 0 unspecified atom stereocenters. The lowest BCUT2D eigenvalue weighted by Crippen LogP contribution is -2.34. The summed E-state index contributed by atoms with van der Waals surface area (Å²) >= 11 is 0. The van der Waals surface area contributed by atoms with E-state index in [0.29, 0.717) is 19.6 Å². The van der Waals surface area contributed by atoms with E-state index in [1.54, 1.807) is 18.2 Å². The molecule has 0 aromatic heterocycles. The quantitative estimate of drug-likeness (QED) is 0.655. The van der Waals surface area contributed by atoms with Crippen molar-refractivity contribution in [3.63, 3.8) is 0 Å². The molecule has 3 N–H and O–H groups in total. The minimum absolute atomic E-state index is 0.126. The van der Waals surface area contributed by atoms with Crippen molar-refractivity contribution in [2.24, 2.45) is 0 Å². The molecular formula is C21H24FN3O2. The molecule has 0 saturated carbocycles. The smallest absolute Gasteiger partial charge is 0.315 e. The molecule has 2 aromatic carbocycles. The van der Waals surface area contributed by atoms with E-state index in [-0.39, 0.29) is 17.8 Å². The number of nitrogens with one attached hydrogen (secondary N) is 3. The van der Waals surface area contributed by atoms with Crippen molar-refractivity contribution in [1.82, 2.24) is 16.0 Å². The van der Waals surface area contributed by atoms with Gasteiger partial charge in [0.25, 0.3) is 0 Å². The van der Waals surface area contributed by atoms with Gasteiger partial charge in [0.15, 0.2) is 0 Å². The maximum Gasteiger partial charge on any atom is 0.315 e. The first kappa shape index (κ1) is 20.2. The lowest BCUT2D eigenvalue weighted by Gasteiger charge is -2.09. The van der Waals surface area contributed by atoms with Crippen molar-refractivity contribution in [3.8, 4) is 0 Å². The fourth-order valence-electron chi connectivity index (χ4n) is 2.38. The lowest BCUT2D eigenvalue weighted by molar-refractivity contribution is -0.116. The Balaban J connectivity index is 1.78. The zero-order valence-corrected chi connectivity index (χ0v) is 15.5. The monoisotopic (exact) mass is 369 g/mol. The summed E-state index contributed by atoms with van der Waals surface area (Å²) in [5.74, 6) is -0.432. The van der Waals surface area contributed by atoms with E-state index in [1.807, 2.05) is 38.1 Å². The summed E-state index contributed by atoms with van der Waals surface area (Å²) < 4.78 is 12.9. The number of hydrogen-bond donors (Lipinski definition) is 3. The van der Waals surface area contributed by atoms with Gasteiger partial charge < -0.3 is 16.0 Å². The van der Waals surface area contributed by atoms with Crippen LogP contribution in [0.5, 0.6) is 0 Å². The predicted molar refractivity (Wildman–Crippen MR) is 103 cm³/mol. The molecule has 0 atom stereocenters. The van der Waals surface area contributed by atoms with E-state index in [0.717, 1.165) is 22.3 Å². The molecule has 0 aliphatic heterocycles. The van der Waals surface area contributed by atoms with Crippen molar-refractivity contribution in [1.29, 1.82) is 0 Å². The number of carbonyl (C=O) groups is 2. The molecule has 0 spiro atoms. The molecule has 2 aromatic rings. The zero-order chi connectivity index (χ0) is 19.6. The van der Waals surface area contributed by atoms with Crippen LogP contribution in [0.1, 0.15) is 30.5 Å². The van der Waals surface area contributed by atoms with Crippen LogP contribution >= 0.6 is 0 Å². The summed E-state index contributed by atoms with van der Waals surface area (Å²) in [5, 5.41) is 8.33. The Morgan fingerprint density at radius 2 is 1.41 bits per heavy atom. The van der Waals surface area contributed by atoms with Crippen LogP contribution in [0.4, 0.5) is 9.18 Å². The molecule has 6 heteroatoms. The number of urea groups is 1. The molecule has 0 bridgehead atoms. The van der Waals surface area contributed by atoms with Gasteiger partial charge in [0, 0.05) is 25.7 Å². The molecule has 0 aliphatic rings. The topological polar surface area (TPSA) is 70.2 Å². The summed E-state index contributed by atoms with van der Waals surface area (Å²) in [4.78, 5) is 23.6. The number of benzene rings is 2. The Morgan fingerprint density at radius 3 is 2.00 bits per heavy atom. The van der Waals surface area contributed by atoms with Crippen LogP contribution in [-0.2, 0) is 24.4 Å². The first-order chi connectivity index (χ1) is 12.9. The van der Waals surface area contributed by atoms with Gasteiger partial charge in [-0.15, -0.1) is 0 Å². The largest absolute Gasteiger partial charge is 0.348 e. The Hall–Kier alpha value is -3.15. The van der Waals surface area contributed by atoms with Gasteiger partial charge in [-0.1, -0.05) is 42.0 Å². The number of allylic oxidation sites excluding steroid dienone is 1. The average molecular weight is 369 g/mol. The molecule has 2 rings (SSSR count). The van der Waals surface area contributed by atoms with E-state index in [2.05, 4.69) is 16.0 Å². The fourth-order valence-corrected chi connectivity index (χ4v) is 2.38. The fraction of sp³-hybridized carbons (Fsp3) is 0.238. The normalized spacial score (nSPS) is 10.0. The summed E-state index contributed by atoms with van der Waals surface area (Å²) in [5.41, 5.74) is 3.65. The molecule has 0 fully saturated rings. The highest BCUT2D eigenvalue weighted by Gasteiger charge is 2.03. The summed E-state index contributed by atoms with van der Waals surface area (Å²) in [6, 6.07) is 13.3. The molecule has 5 nitrogen and oxygen atoms in total. The summed E-state index contributed by atoms with van der Waals surface area (Å²) in [6.45, 7) is 4.85. The Morgan fingerprint density at radius 1 is 0.852 bits per heavy atom. The molecule has 0 heterocycles. The Kier molecular flexibility index (Phi) is 7.55. The SMILES string of the molecule is CC(C)=CC(=O)NCc1cccc(CNC(=O)NCc2ccc(F)cc2)c1. The van der Waals surface area contributed by atoms with Crippen molar-refractivity contribution < 1.29 is 14.0 Å². The molecule has 0 saturated heterocycles. The van der Waals surface area contributed by atoms with E-state index in [1.165, 1.54) is 12.1 Å². The number of halogens is 1. The highest BCUT2D eigenvalue weighted by molar-refractivity contribution is 5.87. The second-order valence-electron chi connectivity index (χ2n) is 6.42. The highest BCUT2D eigenvalue weighted by Crippen LogP contribution is 2.06. The third-order valence-corrected chi connectivity index (χ3v) is 3.70. The van der Waals surface area contributed by atoms with E-state index in [9.17, 15) is 14.0 Å². The Labute approximate surface area is 158 Å². The minimum Gasteiger partial charge on any atom is -0.348 e. The van der Waals surface area contributed by atoms with E-state index in [4.69, 9.17) is 0 Å². The second kappa shape index (κ2) is 10.1. The van der Waals surface area contributed by atoms with Gasteiger partial charge >= 0.3 is 6.03 Å². The summed E-state index contributed by atoms with van der Waals surface area (Å²) in [6.07, 6.45) is 1.55. The van der Waals surface area contributed by atoms with Gasteiger partial charge in [0.1, 0.15) is 5.82 Å². The van der Waals surface area contributed by atoms with Gasteiger partial charge in [-0.25, -0.2) is 9.18 Å². The minimum atomic E-state index is -0.305. The van der Waals surface area contributed by atoms with Gasteiger partial charge in [-0.2, -0.15) is 0 Å². The van der Waals surface area contributed by atoms with Crippen molar-refractivity contribution in [3.05, 3.63) is 82.7 Å². The van der Waals surface area contributed by atoms with Crippen LogP contribution in [0.25, 0.3) is 0 Å². The van der Waals surface area contributed by atoms with Gasteiger partial charge in [0.05, 0.1) is 0 Å². The number of hydrogen-bond acceptors (Lipinski definition) is 2. The highest BCUT2D eigenvalue weighted by atomic mass is 19.1. The molecule has 142 valence electrons. The predicted octanol–water partition coefficient (Wildman–Crippen LogP) is 3.41. The van der Waals surface area contributed by atoms with Crippen LogP contribution in [-0.4, -0.2) is 11.9 Å². The van der Waals surface area contributed by atoms with Crippen LogP contribution < -0.4 is 16.0 Å². The van der Waals surface area contributed by atoms with Crippen LogP contribution in [0.3, 0.4) is 0 Å². The van der Waals surface area contributed by atoms with Crippen LogP contribution in [0.15, 0.2) is 60.2 Å². The van der Waals surface area contributed by atoms with Crippen molar-refractivity contribution in [2.45, 2.75) is 33.5 Å². The first-order valence-electron chi connectivity index (χ1n) is 8.69. The number of amides is 3. The molecule has 0 radical (unpaired) electrons. The zero-order valence-electron chi connectivity index (χ0n) is 15.5. The third kappa shape index (κ3) is 7.73. The molecular weight excluding hydrogens is 345 g/mol. The molecule has 0 aliphatic carbocycles. The third-order valence-electron chi connectivity index (χ3n) is 3.70. The maximum absolute atomic E-state index is 12.9. The number of carbonyl (C=O) groups excluding carboxylic acids is 2. The van der Waals surface area contributed by atoms with Gasteiger partial charge in [0.2, 0.25) is 5.91 Å². The second-order valence-corrected chi connectivity index (χ2v) is 6.42. The lowest BCUT2D eigenvalue weighted by atomic mass is 10.1. The van der Waals surface area contributed by atoms with Crippen LogP contribution in [0, 0.1) is 5.82 Å².